The minimum Gasteiger partial charge on any atom is -0.465 e. The van der Waals surface area contributed by atoms with Crippen molar-refractivity contribution in [1.29, 1.82) is 0 Å². The molecule has 0 fully saturated rings. The Labute approximate surface area is 124 Å². The zero-order valence-corrected chi connectivity index (χ0v) is 15.3. The smallest absolute Gasteiger partial charge is 0.338 e. The molecule has 0 saturated carbocycles. The molecule has 108 valence electrons. The molecule has 1 aromatic carbocycles. The molecule has 0 amide bonds. The van der Waals surface area contributed by atoms with E-state index >= 15 is 0 Å². The number of rotatable bonds is 3. The van der Waals surface area contributed by atoms with Crippen LogP contribution in [-0.2, 0) is 10.8 Å². The highest BCUT2D eigenvalue weighted by Crippen LogP contribution is 2.17. The summed E-state index contributed by atoms with van der Waals surface area (Å²) in [4.78, 5) is 11.8. The number of carbonyl (C=O) groups excluding carboxylic acids is 1. The van der Waals surface area contributed by atoms with Gasteiger partial charge < -0.3 is 4.74 Å². The van der Waals surface area contributed by atoms with E-state index in [0.717, 1.165) is 11.6 Å². The summed E-state index contributed by atoms with van der Waals surface area (Å²) in [6.07, 6.45) is 0. The third-order valence-electron chi connectivity index (χ3n) is 2.83. The van der Waals surface area contributed by atoms with Gasteiger partial charge in [0.2, 0.25) is 0 Å². The first-order chi connectivity index (χ1) is 9.14. The van der Waals surface area contributed by atoms with Gasteiger partial charge in [0.1, 0.15) is 16.1 Å². The Morgan fingerprint density at radius 1 is 1.10 bits per heavy atom. The van der Waals surface area contributed by atoms with Crippen LogP contribution in [0.2, 0.25) is 32.7 Å². The van der Waals surface area contributed by atoms with Gasteiger partial charge in [0.15, 0.2) is 0 Å². The maximum Gasteiger partial charge on any atom is 0.338 e. The molecule has 0 unspecified atom stereocenters. The predicted molar refractivity (Wildman–Crippen MR) is 90.1 cm³/mol. The Hall–Kier alpha value is -1.32. The fourth-order valence-electron chi connectivity index (χ4n) is 1.86. The van der Waals surface area contributed by atoms with Crippen molar-refractivity contribution in [2.45, 2.75) is 38.8 Å². The van der Waals surface area contributed by atoms with Crippen LogP contribution < -0.4 is 0 Å². The normalized spacial score (nSPS) is 11.5. The number of esters is 1. The van der Waals surface area contributed by atoms with E-state index in [1.807, 2.05) is 24.3 Å². The fraction of sp³-hybridized carbons (Fsp3) is 0.438. The molecule has 0 atom stereocenters. The van der Waals surface area contributed by atoms with Crippen LogP contribution in [0, 0.1) is 11.1 Å². The third kappa shape index (κ3) is 5.35. The molecule has 0 aliphatic rings. The summed E-state index contributed by atoms with van der Waals surface area (Å²) in [6, 6.07) is 8.57. The Balaban J connectivity index is 3.03. The Kier molecular flexibility index (Phi) is 5.37. The standard InChI is InChI=1S/C16H24O2Si2/c1-18-16(17)15-10-8-7-9-14(15)13-20(5,6)12-11-19(2,3)4/h7-10H,13H2,1-6H3. The SMILES string of the molecule is COC(=O)c1ccccc1C[Si](C)(C)C#C[Si](C)(C)C. The van der Waals surface area contributed by atoms with E-state index in [9.17, 15) is 4.79 Å². The molecule has 0 aliphatic heterocycles. The van der Waals surface area contributed by atoms with Crippen molar-refractivity contribution in [3.05, 3.63) is 35.4 Å². The second-order valence-electron chi connectivity index (χ2n) is 6.71. The van der Waals surface area contributed by atoms with Gasteiger partial charge in [0.05, 0.1) is 12.7 Å². The molecular formula is C16H24O2Si2. The zero-order valence-electron chi connectivity index (χ0n) is 13.3. The number of benzene rings is 1. The van der Waals surface area contributed by atoms with Crippen molar-refractivity contribution in [2.75, 3.05) is 7.11 Å². The molecular weight excluding hydrogens is 280 g/mol. The van der Waals surface area contributed by atoms with E-state index in [4.69, 9.17) is 4.74 Å². The highest BCUT2D eigenvalue weighted by atomic mass is 28.3. The summed E-state index contributed by atoms with van der Waals surface area (Å²) in [6.45, 7) is 11.3. The number of methoxy groups -OCH3 is 1. The summed E-state index contributed by atoms with van der Waals surface area (Å²) in [5.41, 5.74) is 8.74. The average Bonchev–Trinajstić information content (AvgIpc) is 2.35. The van der Waals surface area contributed by atoms with Crippen molar-refractivity contribution in [3.8, 4) is 11.1 Å². The van der Waals surface area contributed by atoms with Gasteiger partial charge in [-0.2, -0.15) is 0 Å². The van der Waals surface area contributed by atoms with E-state index in [0.29, 0.717) is 5.56 Å². The minimum atomic E-state index is -1.68. The molecule has 0 spiro atoms. The van der Waals surface area contributed by atoms with Crippen LogP contribution in [0.4, 0.5) is 0 Å². The van der Waals surface area contributed by atoms with E-state index in [1.54, 1.807) is 0 Å². The monoisotopic (exact) mass is 304 g/mol. The zero-order chi connectivity index (χ0) is 15.4. The molecule has 0 aliphatic carbocycles. The van der Waals surface area contributed by atoms with Crippen LogP contribution in [0.3, 0.4) is 0 Å². The van der Waals surface area contributed by atoms with Gasteiger partial charge in [-0.25, -0.2) is 4.79 Å². The van der Waals surface area contributed by atoms with Gasteiger partial charge in [0.25, 0.3) is 0 Å². The largest absolute Gasteiger partial charge is 0.465 e. The Morgan fingerprint density at radius 3 is 2.25 bits per heavy atom. The molecule has 1 rings (SSSR count). The van der Waals surface area contributed by atoms with Crippen LogP contribution in [0.25, 0.3) is 0 Å². The molecule has 2 nitrogen and oxygen atoms in total. The molecule has 0 N–H and O–H groups in total. The first kappa shape index (κ1) is 16.7. The van der Waals surface area contributed by atoms with Crippen LogP contribution in [0.5, 0.6) is 0 Å². The van der Waals surface area contributed by atoms with Gasteiger partial charge in [-0.3, -0.25) is 0 Å². The quantitative estimate of drug-likeness (QED) is 0.484. The second-order valence-corrected chi connectivity index (χ2v) is 15.8. The topological polar surface area (TPSA) is 26.3 Å². The van der Waals surface area contributed by atoms with Crippen molar-refractivity contribution >= 4 is 22.1 Å². The van der Waals surface area contributed by atoms with Crippen LogP contribution >= 0.6 is 0 Å². The Bertz CT molecular complexity index is 546. The maximum absolute atomic E-state index is 11.8. The van der Waals surface area contributed by atoms with E-state index in [1.165, 1.54) is 7.11 Å². The minimum absolute atomic E-state index is 0.261. The van der Waals surface area contributed by atoms with Crippen molar-refractivity contribution < 1.29 is 9.53 Å². The third-order valence-corrected chi connectivity index (χ3v) is 6.02. The second kappa shape index (κ2) is 6.42. The van der Waals surface area contributed by atoms with Gasteiger partial charge in [-0.05, 0) is 17.7 Å². The van der Waals surface area contributed by atoms with Crippen LogP contribution in [0.1, 0.15) is 15.9 Å². The molecule has 0 bridgehead atoms. The summed E-state index contributed by atoms with van der Waals surface area (Å²) in [5, 5.41) is 0. The highest BCUT2D eigenvalue weighted by Gasteiger charge is 2.23. The summed E-state index contributed by atoms with van der Waals surface area (Å²) >= 11 is 0. The number of hydrogen-bond donors (Lipinski definition) is 0. The lowest BCUT2D eigenvalue weighted by atomic mass is 10.1. The fourth-order valence-corrected chi connectivity index (χ4v) is 6.06. The first-order valence-electron chi connectivity index (χ1n) is 6.85. The number of hydrogen-bond acceptors (Lipinski definition) is 2. The lowest BCUT2D eigenvalue weighted by Crippen LogP contribution is -2.30. The summed E-state index contributed by atoms with van der Waals surface area (Å²) in [5.74, 6) is -0.261. The molecule has 0 saturated heterocycles. The highest BCUT2D eigenvalue weighted by molar-refractivity contribution is 6.89. The molecule has 0 aromatic heterocycles. The lowest BCUT2D eigenvalue weighted by Gasteiger charge is -2.18. The summed E-state index contributed by atoms with van der Waals surface area (Å²) in [7, 11) is -1.60. The van der Waals surface area contributed by atoms with Crippen LogP contribution in [-0.4, -0.2) is 29.2 Å². The van der Waals surface area contributed by atoms with Gasteiger partial charge in [-0.15, -0.1) is 11.1 Å². The molecule has 0 heterocycles. The maximum atomic E-state index is 11.8. The van der Waals surface area contributed by atoms with Crippen molar-refractivity contribution in [1.82, 2.24) is 0 Å². The molecule has 20 heavy (non-hydrogen) atoms. The van der Waals surface area contributed by atoms with E-state index in [2.05, 4.69) is 43.8 Å². The molecule has 1 aromatic rings. The van der Waals surface area contributed by atoms with Crippen LogP contribution in [0.15, 0.2) is 24.3 Å². The van der Waals surface area contributed by atoms with Gasteiger partial charge in [-0.1, -0.05) is 50.9 Å². The average molecular weight is 305 g/mol. The van der Waals surface area contributed by atoms with E-state index in [-0.39, 0.29) is 5.97 Å². The van der Waals surface area contributed by atoms with Gasteiger partial charge >= 0.3 is 5.97 Å². The van der Waals surface area contributed by atoms with Crippen molar-refractivity contribution in [3.63, 3.8) is 0 Å². The Morgan fingerprint density at radius 2 is 1.70 bits per heavy atom. The van der Waals surface area contributed by atoms with E-state index < -0.39 is 16.1 Å². The first-order valence-corrected chi connectivity index (χ1v) is 13.6. The number of carbonyl (C=O) groups is 1. The van der Waals surface area contributed by atoms with Gasteiger partial charge in [0, 0.05) is 0 Å². The summed E-state index contributed by atoms with van der Waals surface area (Å²) < 4.78 is 4.85. The number of ether oxygens (including phenoxy) is 1. The molecule has 4 heteroatoms. The lowest BCUT2D eigenvalue weighted by molar-refractivity contribution is 0.0600. The predicted octanol–water partition coefficient (Wildman–Crippen LogP) is 3.68. The van der Waals surface area contributed by atoms with Crippen molar-refractivity contribution in [2.24, 2.45) is 0 Å². The molecule has 0 radical (unpaired) electrons.